The quantitative estimate of drug-likeness (QED) is 0.922. The second-order valence-electron chi connectivity index (χ2n) is 5.54. The molecule has 1 saturated carbocycles. The number of methoxy groups -OCH3 is 1. The summed E-state index contributed by atoms with van der Waals surface area (Å²) in [5, 5.41) is 11.6. The van der Waals surface area contributed by atoms with Gasteiger partial charge in [0.25, 0.3) is 0 Å². The van der Waals surface area contributed by atoms with E-state index in [0.717, 1.165) is 34.9 Å². The van der Waals surface area contributed by atoms with E-state index in [1.807, 2.05) is 37.3 Å². The number of benzene rings is 2. The van der Waals surface area contributed by atoms with Gasteiger partial charge < -0.3 is 9.84 Å². The van der Waals surface area contributed by atoms with E-state index in [1.165, 1.54) is 0 Å². The molecule has 1 aliphatic rings. The molecule has 110 valence electrons. The lowest BCUT2D eigenvalue weighted by atomic mass is 10.0. The van der Waals surface area contributed by atoms with Crippen LogP contribution in [0.15, 0.2) is 36.4 Å². The fourth-order valence-electron chi connectivity index (χ4n) is 2.86. The first-order valence-electron chi connectivity index (χ1n) is 7.19. The summed E-state index contributed by atoms with van der Waals surface area (Å²) < 4.78 is 5.47. The number of rotatable bonds is 4. The number of hydrogen-bond acceptors (Lipinski definition) is 2. The number of ether oxygens (including phenoxy) is 1. The summed E-state index contributed by atoms with van der Waals surface area (Å²) in [6.45, 7) is 1.94. The van der Waals surface area contributed by atoms with Crippen LogP contribution in [0.1, 0.15) is 31.4 Å². The smallest absolute Gasteiger partial charge is 0.408 e. The van der Waals surface area contributed by atoms with Crippen molar-refractivity contribution < 1.29 is 14.6 Å². The third-order valence-corrected chi connectivity index (χ3v) is 4.13. The van der Waals surface area contributed by atoms with Crippen LogP contribution in [0.2, 0.25) is 0 Å². The maximum absolute atomic E-state index is 11.5. The van der Waals surface area contributed by atoms with Crippen molar-refractivity contribution in [3.8, 4) is 5.75 Å². The highest BCUT2D eigenvalue weighted by Crippen LogP contribution is 2.37. The molecule has 2 aromatic carbocycles. The number of carbonyl (C=O) groups is 1. The van der Waals surface area contributed by atoms with Gasteiger partial charge >= 0.3 is 6.09 Å². The monoisotopic (exact) mass is 285 g/mol. The van der Waals surface area contributed by atoms with Crippen LogP contribution in [0.5, 0.6) is 5.75 Å². The zero-order valence-electron chi connectivity index (χ0n) is 12.2. The van der Waals surface area contributed by atoms with Gasteiger partial charge in [-0.1, -0.05) is 24.3 Å². The largest absolute Gasteiger partial charge is 0.496 e. The third kappa shape index (κ3) is 2.53. The van der Waals surface area contributed by atoms with Gasteiger partial charge in [0.15, 0.2) is 0 Å². The SMILES string of the molecule is COc1cc(C(C)N(C(=O)O)C2CC2)cc2ccccc12. The van der Waals surface area contributed by atoms with Crippen molar-refractivity contribution in [1.29, 1.82) is 0 Å². The van der Waals surface area contributed by atoms with Gasteiger partial charge in [0.2, 0.25) is 0 Å². The number of amides is 1. The standard InChI is InChI=1S/C17H19NO3/c1-11(18(17(19)20)14-7-8-14)13-9-12-5-3-4-6-15(12)16(10-13)21-2/h3-6,9-11,14H,7-8H2,1-2H3,(H,19,20). The topological polar surface area (TPSA) is 49.8 Å². The van der Waals surface area contributed by atoms with Crippen molar-refractivity contribution in [3.05, 3.63) is 42.0 Å². The number of carboxylic acid groups (broad SMARTS) is 1. The normalized spacial score (nSPS) is 15.7. The number of nitrogens with zero attached hydrogens (tertiary/aromatic N) is 1. The van der Waals surface area contributed by atoms with Crippen molar-refractivity contribution in [2.24, 2.45) is 0 Å². The zero-order chi connectivity index (χ0) is 15.0. The highest BCUT2D eigenvalue weighted by atomic mass is 16.5. The van der Waals surface area contributed by atoms with Gasteiger partial charge in [0, 0.05) is 11.4 Å². The van der Waals surface area contributed by atoms with Gasteiger partial charge in [-0.05, 0) is 42.8 Å². The second kappa shape index (κ2) is 5.28. The van der Waals surface area contributed by atoms with Crippen LogP contribution in [0.4, 0.5) is 4.79 Å². The Morgan fingerprint density at radius 3 is 2.67 bits per heavy atom. The van der Waals surface area contributed by atoms with Gasteiger partial charge in [-0.3, -0.25) is 4.90 Å². The molecule has 1 N–H and O–H groups in total. The Kier molecular flexibility index (Phi) is 3.45. The summed E-state index contributed by atoms with van der Waals surface area (Å²) >= 11 is 0. The Hall–Kier alpha value is -2.23. The molecule has 0 heterocycles. The van der Waals surface area contributed by atoms with E-state index < -0.39 is 6.09 Å². The lowest BCUT2D eigenvalue weighted by Crippen LogP contribution is -2.34. The van der Waals surface area contributed by atoms with E-state index in [0.29, 0.717) is 0 Å². The minimum Gasteiger partial charge on any atom is -0.496 e. The van der Waals surface area contributed by atoms with Gasteiger partial charge in [0.1, 0.15) is 5.75 Å². The minimum absolute atomic E-state index is 0.162. The Bertz CT molecular complexity index is 679. The summed E-state index contributed by atoms with van der Waals surface area (Å²) in [6.07, 6.45) is 1.07. The van der Waals surface area contributed by atoms with Gasteiger partial charge in [0.05, 0.1) is 13.2 Å². The molecular weight excluding hydrogens is 266 g/mol. The van der Waals surface area contributed by atoms with Crippen molar-refractivity contribution in [3.63, 3.8) is 0 Å². The highest BCUT2D eigenvalue weighted by molar-refractivity contribution is 5.89. The summed E-state index contributed by atoms with van der Waals surface area (Å²) in [6, 6.07) is 12.0. The molecular formula is C17H19NO3. The van der Waals surface area contributed by atoms with E-state index in [9.17, 15) is 9.90 Å². The predicted octanol–water partition coefficient (Wildman–Crippen LogP) is 4.05. The predicted molar refractivity (Wildman–Crippen MR) is 81.8 cm³/mol. The number of hydrogen-bond donors (Lipinski definition) is 1. The number of fused-ring (bicyclic) bond motifs is 1. The molecule has 1 atom stereocenters. The highest BCUT2D eigenvalue weighted by Gasteiger charge is 2.36. The van der Waals surface area contributed by atoms with Crippen LogP contribution in [0, 0.1) is 0 Å². The molecule has 0 saturated heterocycles. The lowest BCUT2D eigenvalue weighted by Gasteiger charge is -2.27. The average molecular weight is 285 g/mol. The maximum atomic E-state index is 11.5. The van der Waals surface area contributed by atoms with Crippen LogP contribution in [-0.4, -0.2) is 29.3 Å². The van der Waals surface area contributed by atoms with Crippen molar-refractivity contribution in [1.82, 2.24) is 4.90 Å². The molecule has 1 aliphatic carbocycles. The molecule has 1 unspecified atom stereocenters. The first-order valence-corrected chi connectivity index (χ1v) is 7.19. The maximum Gasteiger partial charge on any atom is 0.408 e. The van der Waals surface area contributed by atoms with Gasteiger partial charge in [-0.2, -0.15) is 0 Å². The molecule has 2 aromatic rings. The van der Waals surface area contributed by atoms with Gasteiger partial charge in [-0.25, -0.2) is 4.79 Å². The molecule has 21 heavy (non-hydrogen) atoms. The second-order valence-corrected chi connectivity index (χ2v) is 5.54. The molecule has 4 heteroatoms. The van der Waals surface area contributed by atoms with Crippen molar-refractivity contribution in [2.45, 2.75) is 31.8 Å². The Morgan fingerprint density at radius 1 is 1.33 bits per heavy atom. The van der Waals surface area contributed by atoms with E-state index >= 15 is 0 Å². The molecule has 0 aromatic heterocycles. The van der Waals surface area contributed by atoms with Crippen LogP contribution in [0.25, 0.3) is 10.8 Å². The molecule has 0 aliphatic heterocycles. The van der Waals surface area contributed by atoms with E-state index in [1.54, 1.807) is 12.0 Å². The van der Waals surface area contributed by atoms with Crippen molar-refractivity contribution in [2.75, 3.05) is 7.11 Å². The first kappa shape index (κ1) is 13.7. The van der Waals surface area contributed by atoms with E-state index in [-0.39, 0.29) is 12.1 Å². The molecule has 0 spiro atoms. The third-order valence-electron chi connectivity index (χ3n) is 4.13. The lowest BCUT2D eigenvalue weighted by molar-refractivity contribution is 0.124. The molecule has 0 bridgehead atoms. The van der Waals surface area contributed by atoms with E-state index in [4.69, 9.17) is 4.74 Å². The zero-order valence-corrected chi connectivity index (χ0v) is 12.2. The average Bonchev–Trinajstić information content (AvgIpc) is 3.30. The first-order chi connectivity index (χ1) is 10.1. The molecule has 4 nitrogen and oxygen atoms in total. The minimum atomic E-state index is -0.850. The van der Waals surface area contributed by atoms with Crippen LogP contribution in [0.3, 0.4) is 0 Å². The molecule has 1 amide bonds. The Labute approximate surface area is 123 Å². The summed E-state index contributed by atoms with van der Waals surface area (Å²) in [5.41, 5.74) is 0.972. The fraction of sp³-hybridized carbons (Fsp3) is 0.353. The molecule has 1 fully saturated rings. The Morgan fingerprint density at radius 2 is 2.05 bits per heavy atom. The van der Waals surface area contributed by atoms with Gasteiger partial charge in [-0.15, -0.1) is 0 Å². The van der Waals surface area contributed by atoms with Crippen molar-refractivity contribution >= 4 is 16.9 Å². The summed E-state index contributed by atoms with van der Waals surface area (Å²) in [7, 11) is 1.64. The molecule has 3 rings (SSSR count). The fourth-order valence-corrected chi connectivity index (χ4v) is 2.86. The van der Waals surface area contributed by atoms with Crippen LogP contribution >= 0.6 is 0 Å². The summed E-state index contributed by atoms with van der Waals surface area (Å²) in [4.78, 5) is 13.1. The van der Waals surface area contributed by atoms with E-state index in [2.05, 4.69) is 6.07 Å². The molecule has 0 radical (unpaired) electrons. The van der Waals surface area contributed by atoms with Crippen LogP contribution in [-0.2, 0) is 0 Å². The Balaban J connectivity index is 2.05. The van der Waals surface area contributed by atoms with Crippen LogP contribution < -0.4 is 4.74 Å². The summed E-state index contributed by atoms with van der Waals surface area (Å²) in [5.74, 6) is 0.788.